The maximum Gasteiger partial charge on any atom is 0.255 e. The van der Waals surface area contributed by atoms with E-state index in [-0.39, 0.29) is 18.3 Å². The van der Waals surface area contributed by atoms with Crippen LogP contribution >= 0.6 is 0 Å². The van der Waals surface area contributed by atoms with Crippen LogP contribution < -0.4 is 5.32 Å². The lowest BCUT2D eigenvalue weighted by molar-refractivity contribution is -0.156. The number of benzene rings is 1. The van der Waals surface area contributed by atoms with Crippen molar-refractivity contribution in [2.24, 2.45) is 5.92 Å². The Labute approximate surface area is 155 Å². The van der Waals surface area contributed by atoms with Crippen LogP contribution in [0.5, 0.6) is 0 Å². The average Bonchev–Trinajstić information content (AvgIpc) is 2.64. The lowest BCUT2D eigenvalue weighted by Crippen LogP contribution is -2.58. The number of carbonyl (C=O) groups excluding carboxylic acids is 1. The van der Waals surface area contributed by atoms with Crippen LogP contribution in [-0.4, -0.2) is 41.1 Å². The Balaban J connectivity index is 1.48. The van der Waals surface area contributed by atoms with Crippen molar-refractivity contribution in [2.75, 3.05) is 19.6 Å². The minimum atomic E-state index is -1.34. The van der Waals surface area contributed by atoms with Gasteiger partial charge in [-0.1, -0.05) is 44.2 Å². The van der Waals surface area contributed by atoms with E-state index < -0.39 is 5.60 Å². The number of piperidine rings is 1. The SMILES string of the molecule is O=C1N(CCC2CCCCC2)CCCC1(O)CNCc1cccc(F)c1. The Bertz CT molecular complexity index is 603. The molecule has 0 aromatic heterocycles. The highest BCUT2D eigenvalue weighted by atomic mass is 19.1. The summed E-state index contributed by atoms with van der Waals surface area (Å²) in [5.41, 5.74) is -0.524. The first-order chi connectivity index (χ1) is 12.6. The van der Waals surface area contributed by atoms with Crippen molar-refractivity contribution in [1.29, 1.82) is 0 Å². The fourth-order valence-electron chi connectivity index (χ4n) is 4.32. The Hall–Kier alpha value is -1.46. The minimum Gasteiger partial charge on any atom is -0.379 e. The average molecular weight is 362 g/mol. The monoisotopic (exact) mass is 362 g/mol. The molecule has 1 unspecified atom stereocenters. The minimum absolute atomic E-state index is 0.147. The molecule has 2 fully saturated rings. The normalized spacial score (nSPS) is 24.8. The van der Waals surface area contributed by atoms with Gasteiger partial charge in [0.15, 0.2) is 5.60 Å². The predicted molar refractivity (Wildman–Crippen MR) is 100 cm³/mol. The van der Waals surface area contributed by atoms with E-state index in [4.69, 9.17) is 0 Å². The van der Waals surface area contributed by atoms with Crippen LogP contribution in [0.25, 0.3) is 0 Å². The van der Waals surface area contributed by atoms with Crippen LogP contribution in [0, 0.1) is 11.7 Å². The Morgan fingerprint density at radius 3 is 2.81 bits per heavy atom. The fraction of sp³-hybridized carbons (Fsp3) is 0.667. The van der Waals surface area contributed by atoms with Gasteiger partial charge in [-0.2, -0.15) is 0 Å². The van der Waals surface area contributed by atoms with Gasteiger partial charge < -0.3 is 15.3 Å². The van der Waals surface area contributed by atoms with Gasteiger partial charge in [-0.15, -0.1) is 0 Å². The van der Waals surface area contributed by atoms with E-state index in [1.165, 1.54) is 44.2 Å². The molecule has 1 aromatic rings. The summed E-state index contributed by atoms with van der Waals surface area (Å²) in [5, 5.41) is 14.0. The molecule has 1 heterocycles. The number of halogens is 1. The molecule has 3 rings (SSSR count). The maximum atomic E-state index is 13.2. The van der Waals surface area contributed by atoms with E-state index in [0.29, 0.717) is 13.0 Å². The van der Waals surface area contributed by atoms with Crippen LogP contribution in [0.2, 0.25) is 0 Å². The molecule has 0 bridgehead atoms. The second kappa shape index (κ2) is 8.96. The van der Waals surface area contributed by atoms with Crippen molar-refractivity contribution in [2.45, 2.75) is 63.5 Å². The zero-order chi connectivity index (χ0) is 18.4. The van der Waals surface area contributed by atoms with Crippen molar-refractivity contribution in [3.8, 4) is 0 Å². The molecule has 1 amide bonds. The summed E-state index contributed by atoms with van der Waals surface area (Å²) in [6.07, 6.45) is 8.90. The number of nitrogens with zero attached hydrogens (tertiary/aromatic N) is 1. The van der Waals surface area contributed by atoms with Crippen LogP contribution in [-0.2, 0) is 11.3 Å². The summed E-state index contributed by atoms with van der Waals surface area (Å²) in [6.45, 7) is 2.16. The van der Waals surface area contributed by atoms with E-state index in [1.807, 2.05) is 11.0 Å². The molecular formula is C21H31FN2O2. The Morgan fingerprint density at radius 1 is 1.23 bits per heavy atom. The number of aliphatic hydroxyl groups is 1. The molecule has 0 radical (unpaired) electrons. The first kappa shape index (κ1) is 19.3. The second-order valence-corrected chi connectivity index (χ2v) is 7.95. The number of amides is 1. The van der Waals surface area contributed by atoms with Crippen LogP contribution in [0.3, 0.4) is 0 Å². The lowest BCUT2D eigenvalue weighted by Gasteiger charge is -2.39. The molecule has 1 aromatic carbocycles. The summed E-state index contributed by atoms with van der Waals surface area (Å²) < 4.78 is 13.2. The molecule has 1 aliphatic carbocycles. The van der Waals surface area contributed by atoms with E-state index in [0.717, 1.165) is 37.4 Å². The van der Waals surface area contributed by atoms with Gasteiger partial charge in [0, 0.05) is 26.2 Å². The molecule has 5 heteroatoms. The first-order valence-electron chi connectivity index (χ1n) is 10.0. The lowest BCUT2D eigenvalue weighted by atomic mass is 9.86. The number of nitrogens with one attached hydrogen (secondary N) is 1. The Morgan fingerprint density at radius 2 is 2.04 bits per heavy atom. The van der Waals surface area contributed by atoms with E-state index >= 15 is 0 Å². The number of hydrogen-bond donors (Lipinski definition) is 2. The zero-order valence-corrected chi connectivity index (χ0v) is 15.6. The molecule has 144 valence electrons. The molecule has 26 heavy (non-hydrogen) atoms. The summed E-state index contributed by atoms with van der Waals surface area (Å²) in [5.74, 6) is 0.314. The second-order valence-electron chi connectivity index (χ2n) is 7.95. The third-order valence-corrected chi connectivity index (χ3v) is 5.87. The van der Waals surface area contributed by atoms with Gasteiger partial charge in [-0.3, -0.25) is 4.79 Å². The number of hydrogen-bond acceptors (Lipinski definition) is 3. The molecular weight excluding hydrogens is 331 g/mol. The van der Waals surface area contributed by atoms with Crippen molar-refractivity contribution in [1.82, 2.24) is 10.2 Å². The molecule has 1 atom stereocenters. The third-order valence-electron chi connectivity index (χ3n) is 5.87. The highest BCUT2D eigenvalue weighted by Crippen LogP contribution is 2.28. The van der Waals surface area contributed by atoms with Crippen molar-refractivity contribution in [3.05, 3.63) is 35.6 Å². The molecule has 2 N–H and O–H groups in total. The highest BCUT2D eigenvalue weighted by molar-refractivity contribution is 5.86. The summed E-state index contributed by atoms with van der Waals surface area (Å²) in [6, 6.07) is 6.38. The first-order valence-corrected chi connectivity index (χ1v) is 10.0. The standard InChI is InChI=1S/C21H31FN2O2/c22-19-9-4-8-18(14-19)15-23-16-21(26)11-5-12-24(20(21)25)13-10-17-6-2-1-3-7-17/h4,8-9,14,17,23,26H,1-3,5-7,10-13,15-16H2. The predicted octanol–water partition coefficient (Wildman–Crippen LogP) is 3.24. The fourth-order valence-corrected chi connectivity index (χ4v) is 4.32. The summed E-state index contributed by atoms with van der Waals surface area (Å²) in [4.78, 5) is 14.6. The van der Waals surface area contributed by atoms with Crippen molar-refractivity contribution in [3.63, 3.8) is 0 Å². The number of rotatable bonds is 7. The van der Waals surface area contributed by atoms with E-state index in [9.17, 15) is 14.3 Å². The zero-order valence-electron chi connectivity index (χ0n) is 15.6. The Kier molecular flexibility index (Phi) is 6.65. The van der Waals surface area contributed by atoms with Gasteiger partial charge in [0.05, 0.1) is 0 Å². The largest absolute Gasteiger partial charge is 0.379 e. The van der Waals surface area contributed by atoms with Gasteiger partial charge >= 0.3 is 0 Å². The summed E-state index contributed by atoms with van der Waals surface area (Å²) >= 11 is 0. The van der Waals surface area contributed by atoms with Crippen LogP contribution in [0.4, 0.5) is 4.39 Å². The van der Waals surface area contributed by atoms with Crippen LogP contribution in [0.15, 0.2) is 24.3 Å². The van der Waals surface area contributed by atoms with Gasteiger partial charge in [0.25, 0.3) is 5.91 Å². The molecule has 0 spiro atoms. The van der Waals surface area contributed by atoms with Crippen LogP contribution in [0.1, 0.15) is 56.9 Å². The quantitative estimate of drug-likeness (QED) is 0.783. The number of carbonyl (C=O) groups is 1. The van der Waals surface area contributed by atoms with Crippen molar-refractivity contribution < 1.29 is 14.3 Å². The van der Waals surface area contributed by atoms with E-state index in [1.54, 1.807) is 6.07 Å². The highest BCUT2D eigenvalue weighted by Gasteiger charge is 2.41. The van der Waals surface area contributed by atoms with Gasteiger partial charge in [-0.05, 0) is 42.9 Å². The molecule has 4 nitrogen and oxygen atoms in total. The van der Waals surface area contributed by atoms with Crippen molar-refractivity contribution >= 4 is 5.91 Å². The smallest absolute Gasteiger partial charge is 0.255 e. The maximum absolute atomic E-state index is 13.2. The third kappa shape index (κ3) is 5.04. The van der Waals surface area contributed by atoms with E-state index in [2.05, 4.69) is 5.32 Å². The number of likely N-dealkylation sites (tertiary alicyclic amines) is 1. The van der Waals surface area contributed by atoms with Gasteiger partial charge in [0.1, 0.15) is 5.82 Å². The van der Waals surface area contributed by atoms with Gasteiger partial charge in [-0.25, -0.2) is 4.39 Å². The summed E-state index contributed by atoms with van der Waals surface area (Å²) in [7, 11) is 0. The molecule has 1 saturated carbocycles. The topological polar surface area (TPSA) is 52.6 Å². The molecule has 1 aliphatic heterocycles. The van der Waals surface area contributed by atoms with Gasteiger partial charge in [0.2, 0.25) is 0 Å². The molecule has 2 aliphatic rings. The molecule has 1 saturated heterocycles.